The molecule has 2 aliphatic rings. The minimum Gasteiger partial charge on any atom is -0.361 e. The Bertz CT molecular complexity index is 601. The number of rotatable bonds is 2. The predicted octanol–water partition coefficient (Wildman–Crippen LogP) is 2.13. The maximum absolute atomic E-state index is 5.73. The largest absolute Gasteiger partial charge is 0.361 e. The highest BCUT2D eigenvalue weighted by Gasteiger charge is 2.35. The first-order valence-corrected chi connectivity index (χ1v) is 7.39. The summed E-state index contributed by atoms with van der Waals surface area (Å²) in [5.41, 5.74) is 10.1. The lowest BCUT2D eigenvalue weighted by atomic mass is 9.73. The number of piperidine rings is 1. The van der Waals surface area contributed by atoms with E-state index in [1.807, 2.05) is 0 Å². The molecule has 4 N–H and O–H groups in total. The smallest absolute Gasteiger partial charge is 0.0459 e. The quantitative estimate of drug-likeness (QED) is 0.770. The predicted molar refractivity (Wildman–Crippen MR) is 78.3 cm³/mol. The van der Waals surface area contributed by atoms with Gasteiger partial charge >= 0.3 is 0 Å². The van der Waals surface area contributed by atoms with Crippen molar-refractivity contribution in [2.45, 2.75) is 31.2 Å². The molecule has 1 fully saturated rings. The Labute approximate surface area is 113 Å². The van der Waals surface area contributed by atoms with Crippen molar-refractivity contribution in [3.63, 3.8) is 0 Å². The topological polar surface area (TPSA) is 53.8 Å². The van der Waals surface area contributed by atoms with Gasteiger partial charge in [0.25, 0.3) is 0 Å². The molecule has 0 bridgehead atoms. The molecule has 0 saturated carbocycles. The summed E-state index contributed by atoms with van der Waals surface area (Å²) in [4.78, 5) is 3.42. The number of fused-ring (bicyclic) bond motifs is 2. The average molecular weight is 255 g/mol. The lowest BCUT2D eigenvalue weighted by Crippen LogP contribution is -2.47. The van der Waals surface area contributed by atoms with E-state index in [9.17, 15) is 0 Å². The molecular weight excluding hydrogens is 234 g/mol. The molecule has 19 heavy (non-hydrogen) atoms. The minimum atomic E-state index is 0.614. The first-order valence-electron chi connectivity index (χ1n) is 7.39. The summed E-state index contributed by atoms with van der Waals surface area (Å²) < 4.78 is 0. The van der Waals surface area contributed by atoms with E-state index in [2.05, 4.69) is 34.7 Å². The van der Waals surface area contributed by atoms with Crippen LogP contribution in [0.25, 0.3) is 10.9 Å². The zero-order valence-electron chi connectivity index (χ0n) is 11.2. The van der Waals surface area contributed by atoms with Gasteiger partial charge in [-0.3, -0.25) is 0 Å². The van der Waals surface area contributed by atoms with E-state index < -0.39 is 0 Å². The third-order valence-corrected chi connectivity index (χ3v) is 4.98. The van der Waals surface area contributed by atoms with Crippen molar-refractivity contribution in [2.75, 3.05) is 13.1 Å². The summed E-state index contributed by atoms with van der Waals surface area (Å²) >= 11 is 0. The van der Waals surface area contributed by atoms with Crippen LogP contribution in [0.2, 0.25) is 0 Å². The molecule has 1 saturated heterocycles. The summed E-state index contributed by atoms with van der Waals surface area (Å²) in [5, 5.41) is 5.25. The first-order chi connectivity index (χ1) is 9.36. The van der Waals surface area contributed by atoms with Gasteiger partial charge in [0.15, 0.2) is 0 Å². The molecule has 3 atom stereocenters. The van der Waals surface area contributed by atoms with Crippen molar-refractivity contribution in [3.8, 4) is 0 Å². The minimum absolute atomic E-state index is 0.614. The molecule has 1 aromatic heterocycles. The summed E-state index contributed by atoms with van der Waals surface area (Å²) in [6, 6.07) is 7.31. The van der Waals surface area contributed by atoms with E-state index in [1.165, 1.54) is 22.9 Å². The van der Waals surface area contributed by atoms with Crippen molar-refractivity contribution < 1.29 is 0 Å². The van der Waals surface area contributed by atoms with Gasteiger partial charge in [0, 0.05) is 29.1 Å². The molecule has 1 aromatic carbocycles. The third-order valence-electron chi connectivity index (χ3n) is 4.98. The second-order valence-electron chi connectivity index (χ2n) is 6.09. The normalized spacial score (nSPS) is 29.4. The Hall–Kier alpha value is -1.32. The highest BCUT2D eigenvalue weighted by atomic mass is 14.9. The van der Waals surface area contributed by atoms with E-state index in [0.29, 0.717) is 12.0 Å². The van der Waals surface area contributed by atoms with Crippen molar-refractivity contribution in [2.24, 2.45) is 11.7 Å². The molecule has 0 spiro atoms. The molecule has 3 heteroatoms. The number of nitrogens with one attached hydrogen (secondary N) is 2. The Morgan fingerprint density at radius 1 is 1.32 bits per heavy atom. The zero-order chi connectivity index (χ0) is 12.8. The third kappa shape index (κ3) is 1.72. The fraction of sp³-hybridized carbons (Fsp3) is 0.500. The number of nitrogens with two attached hydrogens (primary N) is 1. The van der Waals surface area contributed by atoms with E-state index in [1.54, 1.807) is 5.56 Å². The molecular formula is C16H21N3. The number of aromatic nitrogens is 1. The molecule has 2 aromatic rings. The highest BCUT2D eigenvalue weighted by molar-refractivity contribution is 5.88. The van der Waals surface area contributed by atoms with Crippen LogP contribution in [-0.2, 0) is 6.42 Å². The molecule has 100 valence electrons. The van der Waals surface area contributed by atoms with Crippen LogP contribution in [0.4, 0.5) is 0 Å². The van der Waals surface area contributed by atoms with E-state index >= 15 is 0 Å². The molecule has 1 aliphatic carbocycles. The summed E-state index contributed by atoms with van der Waals surface area (Å²) in [6.45, 7) is 1.94. The van der Waals surface area contributed by atoms with Crippen LogP contribution in [0.5, 0.6) is 0 Å². The van der Waals surface area contributed by atoms with Gasteiger partial charge in [-0.15, -0.1) is 0 Å². The standard InChI is InChI=1S/C16H21N3/c17-5-4-10-6-13-12-2-1-3-14-16(12)11(9-19-14)7-15(13)18-8-10/h1-3,9-10,13,15,18-19H,4-8,17H2/t10?,13?,15-/m1/s1. The molecule has 4 rings (SSSR count). The van der Waals surface area contributed by atoms with Gasteiger partial charge in [0.1, 0.15) is 0 Å². The Morgan fingerprint density at radius 2 is 2.26 bits per heavy atom. The molecule has 2 unspecified atom stereocenters. The summed E-state index contributed by atoms with van der Waals surface area (Å²) in [6.07, 6.45) is 5.79. The van der Waals surface area contributed by atoms with Crippen molar-refractivity contribution in [3.05, 3.63) is 35.5 Å². The van der Waals surface area contributed by atoms with Crippen molar-refractivity contribution in [1.29, 1.82) is 0 Å². The second kappa shape index (κ2) is 4.36. The van der Waals surface area contributed by atoms with Gasteiger partial charge in [-0.2, -0.15) is 0 Å². The van der Waals surface area contributed by atoms with Crippen molar-refractivity contribution in [1.82, 2.24) is 10.3 Å². The molecule has 1 aliphatic heterocycles. The average Bonchev–Trinajstić information content (AvgIpc) is 2.85. The van der Waals surface area contributed by atoms with Gasteiger partial charge in [0.05, 0.1) is 0 Å². The lowest BCUT2D eigenvalue weighted by Gasteiger charge is -2.40. The second-order valence-corrected chi connectivity index (χ2v) is 6.09. The molecule has 0 radical (unpaired) electrons. The fourth-order valence-corrected chi connectivity index (χ4v) is 4.07. The van der Waals surface area contributed by atoms with Crippen LogP contribution in [-0.4, -0.2) is 24.1 Å². The van der Waals surface area contributed by atoms with Crippen molar-refractivity contribution >= 4 is 10.9 Å². The Morgan fingerprint density at radius 3 is 3.16 bits per heavy atom. The number of H-pyrrole nitrogens is 1. The van der Waals surface area contributed by atoms with E-state index in [4.69, 9.17) is 5.73 Å². The van der Waals surface area contributed by atoms with E-state index in [-0.39, 0.29) is 0 Å². The number of hydrogen-bond donors (Lipinski definition) is 3. The van der Waals surface area contributed by atoms with Gasteiger partial charge in [-0.1, -0.05) is 12.1 Å². The van der Waals surface area contributed by atoms with Crippen LogP contribution in [0.15, 0.2) is 24.4 Å². The van der Waals surface area contributed by atoms with Gasteiger partial charge in [-0.05, 0) is 55.5 Å². The number of aromatic amines is 1. The molecule has 3 nitrogen and oxygen atoms in total. The van der Waals surface area contributed by atoms with Crippen LogP contribution >= 0.6 is 0 Å². The van der Waals surface area contributed by atoms with Crippen LogP contribution in [0.3, 0.4) is 0 Å². The Balaban J connectivity index is 1.76. The summed E-state index contributed by atoms with van der Waals surface area (Å²) in [5.74, 6) is 1.40. The first kappa shape index (κ1) is 11.5. The van der Waals surface area contributed by atoms with E-state index in [0.717, 1.165) is 31.8 Å². The number of hydrogen-bond acceptors (Lipinski definition) is 2. The number of benzene rings is 1. The fourth-order valence-electron chi connectivity index (χ4n) is 4.07. The van der Waals surface area contributed by atoms with Crippen LogP contribution in [0.1, 0.15) is 29.9 Å². The molecule has 0 amide bonds. The highest BCUT2D eigenvalue weighted by Crippen LogP contribution is 2.42. The molecule has 2 heterocycles. The zero-order valence-corrected chi connectivity index (χ0v) is 11.2. The van der Waals surface area contributed by atoms with Gasteiger partial charge in [0.2, 0.25) is 0 Å². The van der Waals surface area contributed by atoms with Gasteiger partial charge < -0.3 is 16.0 Å². The SMILES string of the molecule is NCCC1CN[C@@H]2Cc3c[nH]c4cccc(c34)C2C1. The summed E-state index contributed by atoms with van der Waals surface area (Å²) in [7, 11) is 0. The van der Waals surface area contributed by atoms with Crippen LogP contribution in [0, 0.1) is 5.92 Å². The monoisotopic (exact) mass is 255 g/mol. The maximum Gasteiger partial charge on any atom is 0.0459 e. The maximum atomic E-state index is 5.73. The van der Waals surface area contributed by atoms with Crippen LogP contribution < -0.4 is 11.1 Å². The lowest BCUT2D eigenvalue weighted by molar-refractivity contribution is 0.260. The Kier molecular flexibility index (Phi) is 2.64. The van der Waals surface area contributed by atoms with Gasteiger partial charge in [-0.25, -0.2) is 0 Å².